The molecule has 0 radical (unpaired) electrons. The predicted octanol–water partition coefficient (Wildman–Crippen LogP) is 4.95. The quantitative estimate of drug-likeness (QED) is 0.552. The second-order valence-electron chi connectivity index (χ2n) is 5.10. The number of H-pyrrole nitrogens is 1. The molecule has 0 atom stereocenters. The molecule has 0 amide bonds. The smallest absolute Gasteiger partial charge is 0.182 e. The molecule has 0 fully saturated rings. The first-order valence-corrected chi connectivity index (χ1v) is 8.42. The molecule has 0 saturated heterocycles. The minimum absolute atomic E-state index is 0.685. The van der Waals surface area contributed by atoms with E-state index in [4.69, 9.17) is 16.6 Å². The molecule has 0 aliphatic rings. The molecule has 114 valence electrons. The van der Waals surface area contributed by atoms with Crippen molar-refractivity contribution in [3.05, 3.63) is 64.6 Å². The molecule has 2 heterocycles. The van der Waals surface area contributed by atoms with Crippen molar-refractivity contribution in [2.75, 3.05) is 5.32 Å². The molecule has 0 aliphatic heterocycles. The molecular formula is C17H13ClN4S. The monoisotopic (exact) mass is 340 g/mol. The van der Waals surface area contributed by atoms with Crippen LogP contribution in [0.25, 0.3) is 22.4 Å². The van der Waals surface area contributed by atoms with E-state index in [1.807, 2.05) is 41.8 Å². The lowest BCUT2D eigenvalue weighted by molar-refractivity contribution is 1.14. The van der Waals surface area contributed by atoms with Crippen molar-refractivity contribution in [3.63, 3.8) is 0 Å². The molecular weight excluding hydrogens is 328 g/mol. The van der Waals surface area contributed by atoms with Gasteiger partial charge in [0.05, 0.1) is 11.0 Å². The van der Waals surface area contributed by atoms with Gasteiger partial charge >= 0.3 is 0 Å². The van der Waals surface area contributed by atoms with Gasteiger partial charge in [-0.15, -0.1) is 11.3 Å². The van der Waals surface area contributed by atoms with Crippen LogP contribution in [0.4, 0.5) is 5.13 Å². The fourth-order valence-corrected chi connectivity index (χ4v) is 3.21. The Labute approximate surface area is 142 Å². The summed E-state index contributed by atoms with van der Waals surface area (Å²) in [7, 11) is 0. The molecule has 23 heavy (non-hydrogen) atoms. The third-order valence-corrected chi connectivity index (χ3v) is 4.52. The van der Waals surface area contributed by atoms with Crippen molar-refractivity contribution in [3.8, 4) is 11.4 Å². The summed E-state index contributed by atoms with van der Waals surface area (Å²) < 4.78 is 0. The van der Waals surface area contributed by atoms with Gasteiger partial charge in [0, 0.05) is 28.7 Å². The van der Waals surface area contributed by atoms with Crippen LogP contribution in [0.3, 0.4) is 0 Å². The second kappa shape index (κ2) is 6.02. The molecule has 0 aliphatic carbocycles. The van der Waals surface area contributed by atoms with Gasteiger partial charge in [0.2, 0.25) is 0 Å². The average Bonchev–Trinajstić information content (AvgIpc) is 3.22. The fraction of sp³-hybridized carbons (Fsp3) is 0.0588. The van der Waals surface area contributed by atoms with Gasteiger partial charge in [-0.2, -0.15) is 0 Å². The molecule has 0 bridgehead atoms. The normalized spacial score (nSPS) is 11.0. The van der Waals surface area contributed by atoms with Crippen LogP contribution in [0.2, 0.25) is 5.02 Å². The Kier molecular flexibility index (Phi) is 3.73. The van der Waals surface area contributed by atoms with Crippen molar-refractivity contribution in [2.45, 2.75) is 6.54 Å². The number of imidazole rings is 1. The number of hydrogen-bond donors (Lipinski definition) is 2. The summed E-state index contributed by atoms with van der Waals surface area (Å²) in [6.45, 7) is 0.685. The molecule has 4 nitrogen and oxygen atoms in total. The minimum Gasteiger partial charge on any atom is -0.357 e. The maximum atomic E-state index is 6.07. The summed E-state index contributed by atoms with van der Waals surface area (Å²) in [4.78, 5) is 12.4. The zero-order chi connectivity index (χ0) is 15.6. The van der Waals surface area contributed by atoms with Crippen LogP contribution in [0.1, 0.15) is 5.56 Å². The van der Waals surface area contributed by atoms with E-state index in [2.05, 4.69) is 21.4 Å². The fourth-order valence-electron chi connectivity index (χ4n) is 2.49. The van der Waals surface area contributed by atoms with Gasteiger partial charge in [0.1, 0.15) is 5.82 Å². The van der Waals surface area contributed by atoms with Crippen LogP contribution in [-0.4, -0.2) is 15.0 Å². The lowest BCUT2D eigenvalue weighted by atomic mass is 10.2. The molecule has 2 aromatic heterocycles. The average molecular weight is 341 g/mol. The van der Waals surface area contributed by atoms with Gasteiger partial charge in [0.15, 0.2) is 5.13 Å². The van der Waals surface area contributed by atoms with Crippen molar-refractivity contribution < 1.29 is 0 Å². The summed E-state index contributed by atoms with van der Waals surface area (Å²) in [6.07, 6.45) is 1.79. The Morgan fingerprint density at radius 2 is 2.09 bits per heavy atom. The highest BCUT2D eigenvalue weighted by atomic mass is 35.5. The van der Waals surface area contributed by atoms with Crippen LogP contribution < -0.4 is 5.32 Å². The topological polar surface area (TPSA) is 53.6 Å². The van der Waals surface area contributed by atoms with Gasteiger partial charge in [0.25, 0.3) is 0 Å². The molecule has 4 rings (SSSR count). The lowest BCUT2D eigenvalue weighted by Crippen LogP contribution is -1.99. The number of nitrogens with zero attached hydrogens (tertiary/aromatic N) is 2. The van der Waals surface area contributed by atoms with Gasteiger partial charge < -0.3 is 10.3 Å². The zero-order valence-corrected chi connectivity index (χ0v) is 13.7. The Morgan fingerprint density at radius 1 is 1.17 bits per heavy atom. The van der Waals surface area contributed by atoms with E-state index in [-0.39, 0.29) is 0 Å². The minimum atomic E-state index is 0.685. The molecule has 2 N–H and O–H groups in total. The van der Waals surface area contributed by atoms with Crippen LogP contribution in [0.15, 0.2) is 54.0 Å². The van der Waals surface area contributed by atoms with E-state index in [0.29, 0.717) is 11.6 Å². The first kappa shape index (κ1) is 14.2. The van der Waals surface area contributed by atoms with Crippen molar-refractivity contribution >= 4 is 39.1 Å². The van der Waals surface area contributed by atoms with Gasteiger partial charge in [-0.25, -0.2) is 9.97 Å². The van der Waals surface area contributed by atoms with Crippen LogP contribution in [-0.2, 0) is 6.54 Å². The van der Waals surface area contributed by atoms with Crippen molar-refractivity contribution in [1.29, 1.82) is 0 Å². The number of hydrogen-bond acceptors (Lipinski definition) is 4. The Balaban J connectivity index is 1.69. The maximum Gasteiger partial charge on any atom is 0.182 e. The Morgan fingerprint density at radius 3 is 2.91 bits per heavy atom. The number of aromatic nitrogens is 3. The molecule has 4 aromatic rings. The van der Waals surface area contributed by atoms with Gasteiger partial charge in [-0.05, 0) is 23.8 Å². The summed E-state index contributed by atoms with van der Waals surface area (Å²) >= 11 is 7.66. The number of anilines is 1. The van der Waals surface area contributed by atoms with Crippen LogP contribution in [0, 0.1) is 0 Å². The standard InChI is InChI=1S/C17H13ClN4S/c18-13-5-1-3-11(9-13)16-21-14-6-2-4-12(15(14)22-16)10-20-17-19-7-8-23-17/h1-9H,10H2,(H,19,20)(H,21,22). The molecule has 0 unspecified atom stereocenters. The Bertz CT molecular complexity index is 946. The van der Waals surface area contributed by atoms with Crippen LogP contribution in [0.5, 0.6) is 0 Å². The van der Waals surface area contributed by atoms with E-state index in [0.717, 1.165) is 33.1 Å². The summed E-state index contributed by atoms with van der Waals surface area (Å²) in [5.41, 5.74) is 4.08. The third-order valence-electron chi connectivity index (χ3n) is 3.56. The van der Waals surface area contributed by atoms with Crippen molar-refractivity contribution in [1.82, 2.24) is 15.0 Å². The second-order valence-corrected chi connectivity index (χ2v) is 6.43. The van der Waals surface area contributed by atoms with Gasteiger partial charge in [-0.1, -0.05) is 35.9 Å². The number of benzene rings is 2. The van der Waals surface area contributed by atoms with Crippen LogP contribution >= 0.6 is 22.9 Å². The van der Waals surface area contributed by atoms with E-state index in [1.54, 1.807) is 17.5 Å². The number of halogens is 1. The highest BCUT2D eigenvalue weighted by Gasteiger charge is 2.09. The van der Waals surface area contributed by atoms with E-state index in [9.17, 15) is 0 Å². The van der Waals surface area contributed by atoms with E-state index >= 15 is 0 Å². The largest absolute Gasteiger partial charge is 0.357 e. The van der Waals surface area contributed by atoms with Gasteiger partial charge in [-0.3, -0.25) is 0 Å². The third kappa shape index (κ3) is 2.93. The number of rotatable bonds is 4. The van der Waals surface area contributed by atoms with E-state index in [1.165, 1.54) is 0 Å². The molecule has 2 aromatic carbocycles. The summed E-state index contributed by atoms with van der Waals surface area (Å²) in [6, 6.07) is 13.8. The first-order valence-electron chi connectivity index (χ1n) is 7.16. The number of thiazole rings is 1. The highest BCUT2D eigenvalue weighted by Crippen LogP contribution is 2.25. The van der Waals surface area contributed by atoms with E-state index < -0.39 is 0 Å². The molecule has 0 saturated carbocycles. The molecule has 0 spiro atoms. The number of fused-ring (bicyclic) bond motifs is 1. The number of aromatic amines is 1. The number of nitrogens with one attached hydrogen (secondary N) is 2. The Hall–Kier alpha value is -2.37. The first-order chi connectivity index (χ1) is 11.3. The zero-order valence-electron chi connectivity index (χ0n) is 12.1. The summed E-state index contributed by atoms with van der Waals surface area (Å²) in [5.74, 6) is 0.823. The highest BCUT2D eigenvalue weighted by molar-refractivity contribution is 7.13. The molecule has 6 heteroatoms. The predicted molar refractivity (Wildman–Crippen MR) is 96.0 cm³/mol. The lowest BCUT2D eigenvalue weighted by Gasteiger charge is -2.03. The summed E-state index contributed by atoms with van der Waals surface area (Å²) in [5, 5.41) is 6.89. The number of para-hydroxylation sites is 1. The SMILES string of the molecule is Clc1cccc(-c2nc3c(CNc4nccs4)cccc3[nH]2)c1. The van der Waals surface area contributed by atoms with Crippen molar-refractivity contribution in [2.24, 2.45) is 0 Å². The maximum absolute atomic E-state index is 6.07.